The van der Waals surface area contributed by atoms with Gasteiger partial charge in [0.15, 0.2) is 5.58 Å². The first-order chi connectivity index (χ1) is 20.4. The van der Waals surface area contributed by atoms with Gasteiger partial charge in [0, 0.05) is 62.0 Å². The molecule has 12 nitrogen and oxygen atoms in total. The van der Waals surface area contributed by atoms with Crippen LogP contribution in [0.5, 0.6) is 0 Å². The Bertz CT molecular complexity index is 1780. The molecule has 42 heavy (non-hydrogen) atoms. The van der Waals surface area contributed by atoms with Crippen molar-refractivity contribution in [2.24, 2.45) is 0 Å². The third kappa shape index (κ3) is 4.90. The maximum atomic E-state index is 15.3. The van der Waals surface area contributed by atoms with Gasteiger partial charge in [-0.3, -0.25) is 14.5 Å². The molecule has 2 fully saturated rings. The summed E-state index contributed by atoms with van der Waals surface area (Å²) in [4.78, 5) is 30.4. The van der Waals surface area contributed by atoms with Crippen LogP contribution >= 0.6 is 0 Å². The lowest BCUT2D eigenvalue weighted by Crippen LogP contribution is -2.56. The molecule has 4 aromatic heterocycles. The molecule has 15 heteroatoms. The third-order valence-electron chi connectivity index (χ3n) is 7.46. The number of halogens is 3. The highest BCUT2D eigenvalue weighted by Gasteiger charge is 2.29. The van der Waals surface area contributed by atoms with E-state index in [4.69, 9.17) is 13.6 Å². The molecule has 7 rings (SSSR count). The number of piperazine rings is 1. The highest BCUT2D eigenvalue weighted by Crippen LogP contribution is 2.28. The van der Waals surface area contributed by atoms with Crippen molar-refractivity contribution in [3.8, 4) is 22.6 Å². The van der Waals surface area contributed by atoms with E-state index in [-0.39, 0.29) is 29.1 Å². The van der Waals surface area contributed by atoms with Gasteiger partial charge in [0.05, 0.1) is 42.6 Å². The maximum Gasteiger partial charge on any atom is 0.420 e. The molecule has 6 heterocycles. The molecule has 0 unspecified atom stereocenters. The molecule has 0 amide bonds. The van der Waals surface area contributed by atoms with Gasteiger partial charge >= 0.3 is 12.2 Å². The van der Waals surface area contributed by atoms with Crippen LogP contribution in [0.2, 0.25) is 0 Å². The van der Waals surface area contributed by atoms with Gasteiger partial charge in [0.2, 0.25) is 11.8 Å². The number of hydrogen-bond acceptors (Lipinski definition) is 11. The number of hydrogen-bond donors (Lipinski definition) is 0. The predicted octanol–water partition coefficient (Wildman–Crippen LogP) is 3.14. The predicted molar refractivity (Wildman–Crippen MR) is 141 cm³/mol. The Balaban J connectivity index is 1.07. The number of anilines is 1. The molecule has 0 radical (unpaired) electrons. The number of rotatable bonds is 7. The summed E-state index contributed by atoms with van der Waals surface area (Å²) < 4.78 is 57.6. The van der Waals surface area contributed by atoms with Crippen LogP contribution in [0.15, 0.2) is 56.5 Å². The largest absolute Gasteiger partial charge is 0.420 e. The summed E-state index contributed by atoms with van der Waals surface area (Å²) in [6.45, 7) is 4.94. The van der Waals surface area contributed by atoms with Gasteiger partial charge < -0.3 is 18.5 Å². The zero-order valence-electron chi connectivity index (χ0n) is 22.0. The summed E-state index contributed by atoms with van der Waals surface area (Å²) >= 11 is 0. The van der Waals surface area contributed by atoms with Gasteiger partial charge in [-0.25, -0.2) is 19.2 Å². The molecule has 1 aromatic carbocycles. The second-order valence-electron chi connectivity index (χ2n) is 10.0. The Morgan fingerprint density at radius 2 is 1.69 bits per heavy atom. The summed E-state index contributed by atoms with van der Waals surface area (Å²) in [6, 6.07) is 6.29. The van der Waals surface area contributed by atoms with E-state index >= 15 is 4.39 Å². The molecule has 216 valence electrons. The molecule has 5 aromatic rings. The molecule has 0 atom stereocenters. The van der Waals surface area contributed by atoms with Crippen molar-refractivity contribution in [1.29, 1.82) is 0 Å². The molecular formula is C27H23F3N8O4. The van der Waals surface area contributed by atoms with Crippen LogP contribution in [0.25, 0.3) is 33.7 Å². The zero-order chi connectivity index (χ0) is 28.8. The van der Waals surface area contributed by atoms with E-state index in [0.29, 0.717) is 28.8 Å². The SMILES string of the molecule is O=c1oc2cc(-c3cnc(N4CCN(C5COC5)CC4)nc3)c(F)cc2n1Cc1ccc(-c2nnc(C(F)F)o2)cn1. The van der Waals surface area contributed by atoms with Crippen molar-refractivity contribution in [3.63, 3.8) is 0 Å². The Morgan fingerprint density at radius 1 is 0.929 bits per heavy atom. The highest BCUT2D eigenvalue weighted by molar-refractivity contribution is 5.80. The molecule has 0 saturated carbocycles. The second-order valence-corrected chi connectivity index (χ2v) is 10.0. The Kier molecular flexibility index (Phi) is 6.66. The molecular weight excluding hydrogens is 557 g/mol. The second kappa shape index (κ2) is 10.6. The zero-order valence-corrected chi connectivity index (χ0v) is 22.0. The summed E-state index contributed by atoms with van der Waals surface area (Å²) in [7, 11) is 0. The van der Waals surface area contributed by atoms with E-state index in [1.54, 1.807) is 24.5 Å². The number of nitrogens with zero attached hydrogens (tertiary/aromatic N) is 8. The number of aromatic nitrogens is 6. The molecule has 0 bridgehead atoms. The highest BCUT2D eigenvalue weighted by atomic mass is 19.3. The minimum atomic E-state index is -2.88. The van der Waals surface area contributed by atoms with Gasteiger partial charge in [-0.1, -0.05) is 0 Å². The van der Waals surface area contributed by atoms with Crippen LogP contribution in [0.4, 0.5) is 19.1 Å². The summed E-state index contributed by atoms with van der Waals surface area (Å²) in [5, 5.41) is 6.88. The van der Waals surface area contributed by atoms with Crippen LogP contribution in [0, 0.1) is 5.82 Å². The lowest BCUT2D eigenvalue weighted by Gasteiger charge is -2.42. The van der Waals surface area contributed by atoms with Crippen LogP contribution in [0.3, 0.4) is 0 Å². The lowest BCUT2D eigenvalue weighted by atomic mass is 10.1. The molecule has 2 aliphatic heterocycles. The van der Waals surface area contributed by atoms with Gasteiger partial charge in [-0.2, -0.15) is 8.78 Å². The Hall–Kier alpha value is -4.63. The van der Waals surface area contributed by atoms with Gasteiger partial charge in [0.25, 0.3) is 5.89 Å². The average Bonchev–Trinajstić information content (AvgIpc) is 3.58. The molecule has 2 aliphatic rings. The monoisotopic (exact) mass is 580 g/mol. The van der Waals surface area contributed by atoms with Crippen LogP contribution in [-0.4, -0.2) is 80.1 Å². The first kappa shape index (κ1) is 26.3. The van der Waals surface area contributed by atoms with Crippen LogP contribution in [0.1, 0.15) is 18.0 Å². The fraction of sp³-hybridized carbons (Fsp3) is 0.333. The summed E-state index contributed by atoms with van der Waals surface area (Å²) in [5.74, 6) is -1.58. The molecule has 2 saturated heterocycles. The van der Waals surface area contributed by atoms with Crippen molar-refractivity contribution < 1.29 is 26.7 Å². The van der Waals surface area contributed by atoms with Crippen molar-refractivity contribution in [2.45, 2.75) is 19.0 Å². The van der Waals surface area contributed by atoms with Crippen LogP contribution in [-0.2, 0) is 11.3 Å². The molecule has 0 aliphatic carbocycles. The first-order valence-corrected chi connectivity index (χ1v) is 13.2. The summed E-state index contributed by atoms with van der Waals surface area (Å²) in [5.41, 5.74) is 1.86. The number of oxazole rings is 1. The van der Waals surface area contributed by atoms with E-state index in [1.165, 1.54) is 22.9 Å². The van der Waals surface area contributed by atoms with Crippen LogP contribution < -0.4 is 10.7 Å². The Morgan fingerprint density at radius 3 is 2.33 bits per heavy atom. The fourth-order valence-corrected chi connectivity index (χ4v) is 5.04. The molecule has 0 N–H and O–H groups in total. The first-order valence-electron chi connectivity index (χ1n) is 13.2. The topological polar surface area (TPSA) is 128 Å². The smallest absolute Gasteiger partial charge is 0.415 e. The van der Waals surface area contributed by atoms with Crippen molar-refractivity contribution >= 4 is 17.0 Å². The maximum absolute atomic E-state index is 15.3. The summed E-state index contributed by atoms with van der Waals surface area (Å²) in [6.07, 6.45) is 1.60. The number of fused-ring (bicyclic) bond motifs is 1. The van der Waals surface area contributed by atoms with Gasteiger partial charge in [0.1, 0.15) is 5.82 Å². The van der Waals surface area contributed by atoms with E-state index in [9.17, 15) is 13.6 Å². The van der Waals surface area contributed by atoms with Crippen molar-refractivity contribution in [2.75, 3.05) is 44.3 Å². The molecule has 0 spiro atoms. The Labute approximate surface area is 235 Å². The van der Waals surface area contributed by atoms with Crippen molar-refractivity contribution in [3.05, 3.63) is 70.8 Å². The van der Waals surface area contributed by atoms with E-state index < -0.39 is 23.9 Å². The van der Waals surface area contributed by atoms with E-state index in [2.05, 4.69) is 34.9 Å². The number of alkyl halides is 2. The fourth-order valence-electron chi connectivity index (χ4n) is 5.04. The number of benzene rings is 1. The standard InChI is InChI=1S/C27H23F3N8O4/c28-20-8-21-22(7-19(20)16-10-32-26(33-11-16)37-5-3-36(4-6-37)18-13-40-14-18)41-27(39)38(21)12-17-2-1-15(9-31-17)24-34-35-25(42-24)23(29)30/h1-2,7-11,18,23H,3-6,12-14H2. The number of ether oxygens (including phenoxy) is 1. The quantitative estimate of drug-likeness (QED) is 0.282. The third-order valence-corrected chi connectivity index (χ3v) is 7.46. The lowest BCUT2D eigenvalue weighted by molar-refractivity contribution is -0.0661. The van der Waals surface area contributed by atoms with E-state index in [1.807, 2.05) is 0 Å². The van der Waals surface area contributed by atoms with Gasteiger partial charge in [-0.15, -0.1) is 10.2 Å². The minimum absolute atomic E-state index is 0.0180. The van der Waals surface area contributed by atoms with Crippen molar-refractivity contribution in [1.82, 2.24) is 34.6 Å². The number of pyridine rings is 1. The normalized spacial score (nSPS) is 16.4. The minimum Gasteiger partial charge on any atom is -0.415 e. The average molecular weight is 581 g/mol. The van der Waals surface area contributed by atoms with E-state index in [0.717, 1.165) is 39.4 Å². The van der Waals surface area contributed by atoms with Gasteiger partial charge in [-0.05, 0) is 18.2 Å².